The lowest BCUT2D eigenvalue weighted by Gasteiger charge is -2.27. The maximum absolute atomic E-state index is 6.04. The molecule has 0 bridgehead atoms. The van der Waals surface area contributed by atoms with Gasteiger partial charge in [0.2, 0.25) is 11.8 Å². The number of aliphatic imine (C=N–C) groups is 2. The van der Waals surface area contributed by atoms with E-state index in [4.69, 9.17) is 21.1 Å². The van der Waals surface area contributed by atoms with Crippen LogP contribution in [-0.2, 0) is 9.47 Å². The maximum Gasteiger partial charge on any atom is 0.209 e. The van der Waals surface area contributed by atoms with E-state index in [1.807, 2.05) is 13.8 Å². The van der Waals surface area contributed by atoms with Gasteiger partial charge in [-0.05, 0) is 19.9 Å². The summed E-state index contributed by atoms with van der Waals surface area (Å²) in [5, 5.41) is 0. The van der Waals surface area contributed by atoms with Gasteiger partial charge in [-0.15, -0.1) is 11.6 Å². The van der Waals surface area contributed by atoms with Crippen LogP contribution in [0.4, 0.5) is 0 Å². The fourth-order valence-electron chi connectivity index (χ4n) is 1.77. The minimum Gasteiger partial charge on any atom is -0.480 e. The first-order chi connectivity index (χ1) is 8.52. The van der Waals surface area contributed by atoms with Gasteiger partial charge in [-0.1, -0.05) is 13.1 Å². The fraction of sp³-hybridized carbons (Fsp3) is 0.833. The summed E-state index contributed by atoms with van der Waals surface area (Å²) in [5.41, 5.74) is 0.725. The summed E-state index contributed by atoms with van der Waals surface area (Å²) in [6.07, 6.45) is 0. The molecule has 0 unspecified atom stereocenters. The second-order valence-electron chi connectivity index (χ2n) is 5.06. The van der Waals surface area contributed by atoms with Gasteiger partial charge >= 0.3 is 0 Å². The van der Waals surface area contributed by atoms with E-state index >= 15 is 0 Å². The smallest absolute Gasteiger partial charge is 0.209 e. The van der Waals surface area contributed by atoms with Gasteiger partial charge in [0, 0.05) is 5.50 Å². The third-order valence-electron chi connectivity index (χ3n) is 2.67. The van der Waals surface area contributed by atoms with Gasteiger partial charge in [0.1, 0.15) is 12.6 Å². The van der Waals surface area contributed by atoms with Crippen molar-refractivity contribution in [2.45, 2.75) is 39.0 Å². The van der Waals surface area contributed by atoms with Gasteiger partial charge < -0.3 is 9.47 Å². The molecule has 6 heteroatoms. The molecule has 0 aromatic rings. The molecule has 0 saturated carbocycles. The number of rotatable bonds is 5. The highest BCUT2D eigenvalue weighted by Crippen LogP contribution is 2.20. The summed E-state index contributed by atoms with van der Waals surface area (Å²) in [5.74, 6) is 1.46. The van der Waals surface area contributed by atoms with Crippen LogP contribution in [0.1, 0.15) is 13.8 Å². The number of ether oxygens (including phenoxy) is 2. The maximum atomic E-state index is 6.04. The average Bonchev–Trinajstić information content (AvgIpc) is 2.33. The third kappa shape index (κ3) is 4.61. The molecule has 1 atom stereocenters. The summed E-state index contributed by atoms with van der Waals surface area (Å²) >= 11 is 6.04. The Balaban J connectivity index is 2.77. The molecule has 0 aromatic heterocycles. The van der Waals surface area contributed by atoms with Crippen molar-refractivity contribution in [3.63, 3.8) is 0 Å². The van der Waals surface area contributed by atoms with Crippen molar-refractivity contribution in [3.05, 3.63) is 0 Å². The second-order valence-corrected chi connectivity index (χ2v) is 10.9. The van der Waals surface area contributed by atoms with E-state index in [9.17, 15) is 0 Å². The van der Waals surface area contributed by atoms with Crippen molar-refractivity contribution in [3.8, 4) is 0 Å². The van der Waals surface area contributed by atoms with E-state index in [0.717, 1.165) is 17.4 Å². The molecule has 0 saturated heterocycles. The minimum absolute atomic E-state index is 0.0133. The molecule has 104 valence electrons. The van der Waals surface area contributed by atoms with Crippen LogP contribution in [0.3, 0.4) is 0 Å². The number of alkyl halides is 1. The van der Waals surface area contributed by atoms with Crippen LogP contribution in [0.15, 0.2) is 9.98 Å². The molecule has 0 fully saturated rings. The van der Waals surface area contributed by atoms with Gasteiger partial charge in [0.05, 0.1) is 21.3 Å². The molecule has 0 aliphatic carbocycles. The summed E-state index contributed by atoms with van der Waals surface area (Å²) in [6, 6.07) is 0.937. The Morgan fingerprint density at radius 2 is 1.94 bits per heavy atom. The quantitative estimate of drug-likeness (QED) is 0.577. The zero-order valence-corrected chi connectivity index (χ0v) is 13.5. The van der Waals surface area contributed by atoms with Crippen LogP contribution in [0.2, 0.25) is 19.1 Å². The number of halogens is 1. The standard InChI is InChI=1S/C12H23ClN2O2Si/c1-5-16-11-7-14-12(17-6-2)10(15-11)8-18(3,4)9-13/h10H,5-9H2,1-4H3/t10-/m1/s1. The lowest BCUT2D eigenvalue weighted by molar-refractivity contribution is 0.296. The Morgan fingerprint density at radius 1 is 1.28 bits per heavy atom. The third-order valence-corrected chi connectivity index (χ3v) is 7.05. The van der Waals surface area contributed by atoms with Crippen molar-refractivity contribution in [1.29, 1.82) is 0 Å². The monoisotopic (exact) mass is 290 g/mol. The molecule has 0 spiro atoms. The predicted octanol–water partition coefficient (Wildman–Crippen LogP) is 2.73. The first kappa shape index (κ1) is 15.5. The van der Waals surface area contributed by atoms with Crippen molar-refractivity contribution in [2.75, 3.05) is 25.3 Å². The summed E-state index contributed by atoms with van der Waals surface area (Å²) in [7, 11) is -1.45. The zero-order chi connectivity index (χ0) is 13.6. The largest absolute Gasteiger partial charge is 0.480 e. The van der Waals surface area contributed by atoms with Gasteiger partial charge in [-0.2, -0.15) is 0 Å². The molecule has 1 rings (SSSR count). The van der Waals surface area contributed by atoms with Gasteiger partial charge in [0.25, 0.3) is 0 Å². The highest BCUT2D eigenvalue weighted by Gasteiger charge is 2.30. The molecule has 1 aliphatic rings. The van der Waals surface area contributed by atoms with Crippen LogP contribution in [-0.4, -0.2) is 51.2 Å². The highest BCUT2D eigenvalue weighted by atomic mass is 35.5. The molecule has 0 amide bonds. The normalized spacial score (nSPS) is 20.2. The number of hydrogen-bond acceptors (Lipinski definition) is 4. The van der Waals surface area contributed by atoms with Crippen LogP contribution in [0, 0.1) is 0 Å². The van der Waals surface area contributed by atoms with Crippen molar-refractivity contribution in [2.24, 2.45) is 9.98 Å². The van der Waals surface area contributed by atoms with E-state index in [0.29, 0.717) is 25.7 Å². The summed E-state index contributed by atoms with van der Waals surface area (Å²) < 4.78 is 11.0. The number of nitrogens with zero attached hydrogens (tertiary/aromatic N) is 2. The molecular formula is C12H23ClN2O2Si. The van der Waals surface area contributed by atoms with Crippen molar-refractivity contribution >= 4 is 31.5 Å². The summed E-state index contributed by atoms with van der Waals surface area (Å²) in [6.45, 7) is 10.2. The Bertz CT molecular complexity index is 332. The van der Waals surface area contributed by atoms with Crippen molar-refractivity contribution < 1.29 is 9.47 Å². The molecule has 1 heterocycles. The fourth-order valence-corrected chi connectivity index (χ4v) is 3.52. The van der Waals surface area contributed by atoms with Gasteiger partial charge in [0.15, 0.2) is 0 Å². The zero-order valence-electron chi connectivity index (χ0n) is 11.7. The molecule has 0 radical (unpaired) electrons. The Morgan fingerprint density at radius 3 is 2.50 bits per heavy atom. The molecular weight excluding hydrogens is 268 g/mol. The lowest BCUT2D eigenvalue weighted by Crippen LogP contribution is -2.39. The topological polar surface area (TPSA) is 43.2 Å². The van der Waals surface area contributed by atoms with Gasteiger partial charge in [-0.25, -0.2) is 9.98 Å². The average molecular weight is 291 g/mol. The van der Waals surface area contributed by atoms with E-state index in [-0.39, 0.29) is 6.04 Å². The first-order valence-corrected chi connectivity index (χ1v) is 10.4. The molecule has 4 nitrogen and oxygen atoms in total. The van der Waals surface area contributed by atoms with E-state index < -0.39 is 8.07 Å². The summed E-state index contributed by atoms with van der Waals surface area (Å²) in [4.78, 5) is 9.06. The van der Waals surface area contributed by atoms with Crippen LogP contribution in [0.25, 0.3) is 0 Å². The van der Waals surface area contributed by atoms with Crippen LogP contribution >= 0.6 is 11.6 Å². The van der Waals surface area contributed by atoms with Gasteiger partial charge in [-0.3, -0.25) is 0 Å². The Hall–Kier alpha value is -0.553. The Kier molecular flexibility index (Phi) is 6.15. The van der Waals surface area contributed by atoms with E-state index in [1.165, 1.54) is 0 Å². The van der Waals surface area contributed by atoms with E-state index in [2.05, 4.69) is 23.1 Å². The first-order valence-electron chi connectivity index (χ1n) is 6.45. The SMILES string of the molecule is CCOC1=N[C@H](C[Si](C)(C)CCl)C(OCC)=NC1. The second kappa shape index (κ2) is 7.14. The van der Waals surface area contributed by atoms with Crippen LogP contribution < -0.4 is 0 Å². The number of hydrogen-bond donors (Lipinski definition) is 0. The molecule has 18 heavy (non-hydrogen) atoms. The minimum atomic E-state index is -1.45. The lowest BCUT2D eigenvalue weighted by atomic mass is 10.3. The predicted molar refractivity (Wildman–Crippen MR) is 79.8 cm³/mol. The molecule has 0 aromatic carbocycles. The highest BCUT2D eigenvalue weighted by molar-refractivity contribution is 6.83. The molecule has 0 N–H and O–H groups in total. The van der Waals surface area contributed by atoms with Crippen molar-refractivity contribution in [1.82, 2.24) is 0 Å². The van der Waals surface area contributed by atoms with E-state index in [1.54, 1.807) is 0 Å². The Labute approximate surface area is 115 Å². The van der Waals surface area contributed by atoms with Crippen LogP contribution in [0.5, 0.6) is 0 Å². The molecule has 1 aliphatic heterocycles.